The number of nitrogens with one attached hydrogen (secondary N) is 1. The Hall–Kier alpha value is -0.620. The Balaban J connectivity index is 3.06. The quantitative estimate of drug-likeness (QED) is 0.599. The number of nitrogens with zero attached hydrogens (tertiary/aromatic N) is 2. The van der Waals surface area contributed by atoms with Crippen LogP contribution in [0.3, 0.4) is 0 Å². The molecule has 0 amide bonds. The molecule has 0 aliphatic rings. The Morgan fingerprint density at radius 2 is 2.00 bits per heavy atom. The maximum atomic E-state index is 6.40. The lowest BCUT2D eigenvalue weighted by atomic mass is 9.83. The van der Waals surface area contributed by atoms with E-state index in [0.29, 0.717) is 13.0 Å². The molecule has 3 N–H and O–H groups in total. The second kappa shape index (κ2) is 7.58. The molecule has 0 spiro atoms. The normalized spacial score (nSPS) is 15.2. The molecule has 2 atom stereocenters. The maximum absolute atomic E-state index is 6.40. The third kappa shape index (κ3) is 4.42. The van der Waals surface area contributed by atoms with Gasteiger partial charge in [0.2, 0.25) is 0 Å². The molecule has 2 unspecified atom stereocenters. The third-order valence-corrected chi connectivity index (χ3v) is 4.14. The van der Waals surface area contributed by atoms with Gasteiger partial charge in [-0.05, 0) is 26.2 Å². The lowest BCUT2D eigenvalue weighted by molar-refractivity contribution is -0.0359. The molecule has 1 aromatic rings. The summed E-state index contributed by atoms with van der Waals surface area (Å²) in [5.41, 5.74) is 4.75. The molecule has 0 fully saturated rings. The van der Waals surface area contributed by atoms with E-state index < -0.39 is 0 Å². The van der Waals surface area contributed by atoms with Crippen LogP contribution >= 0.6 is 11.6 Å². The smallest absolute Gasteiger partial charge is 0.0847 e. The fourth-order valence-corrected chi connectivity index (χ4v) is 2.89. The van der Waals surface area contributed by atoms with Crippen LogP contribution in [0, 0.1) is 12.3 Å². The fourth-order valence-electron chi connectivity index (χ4n) is 2.67. The molecule has 5 nitrogen and oxygen atoms in total. The average molecular weight is 317 g/mol. The summed E-state index contributed by atoms with van der Waals surface area (Å²) in [6.07, 6.45) is 0.676. The lowest BCUT2D eigenvalue weighted by Crippen LogP contribution is -2.52. The Morgan fingerprint density at radius 3 is 2.43 bits per heavy atom. The monoisotopic (exact) mass is 316 g/mol. The van der Waals surface area contributed by atoms with E-state index in [2.05, 4.69) is 38.2 Å². The van der Waals surface area contributed by atoms with Gasteiger partial charge in [-0.2, -0.15) is 5.10 Å². The van der Waals surface area contributed by atoms with Gasteiger partial charge in [0.1, 0.15) is 0 Å². The van der Waals surface area contributed by atoms with Gasteiger partial charge in [0.15, 0.2) is 0 Å². The van der Waals surface area contributed by atoms with E-state index in [0.717, 1.165) is 23.0 Å². The minimum atomic E-state index is -0.0242. The highest BCUT2D eigenvalue weighted by molar-refractivity contribution is 6.31. The maximum Gasteiger partial charge on any atom is 0.0847 e. The van der Waals surface area contributed by atoms with Crippen molar-refractivity contribution in [1.82, 2.24) is 15.2 Å². The molecular weight excluding hydrogens is 288 g/mol. The summed E-state index contributed by atoms with van der Waals surface area (Å²) in [7, 11) is 0. The van der Waals surface area contributed by atoms with Crippen LogP contribution in [-0.4, -0.2) is 28.5 Å². The lowest BCUT2D eigenvalue weighted by Gasteiger charge is -2.36. The highest BCUT2D eigenvalue weighted by Gasteiger charge is 2.33. The molecular formula is C15H29ClN4O. The zero-order valence-corrected chi connectivity index (χ0v) is 14.8. The zero-order chi connectivity index (χ0) is 16.2. The first-order valence-corrected chi connectivity index (χ1v) is 7.93. The van der Waals surface area contributed by atoms with Gasteiger partial charge in [-0.1, -0.05) is 32.4 Å². The Kier molecular flexibility index (Phi) is 6.66. The number of ether oxygens (including phenoxy) is 1. The molecule has 21 heavy (non-hydrogen) atoms. The topological polar surface area (TPSA) is 65.1 Å². The van der Waals surface area contributed by atoms with Crippen LogP contribution in [-0.2, 0) is 17.7 Å². The third-order valence-electron chi connectivity index (χ3n) is 3.65. The van der Waals surface area contributed by atoms with Crippen molar-refractivity contribution in [3.8, 4) is 0 Å². The highest BCUT2D eigenvalue weighted by atomic mass is 35.5. The Bertz CT molecular complexity index is 453. The van der Waals surface area contributed by atoms with Crippen molar-refractivity contribution >= 4 is 11.6 Å². The van der Waals surface area contributed by atoms with Crippen LogP contribution in [0.4, 0.5) is 0 Å². The van der Waals surface area contributed by atoms with Crippen LogP contribution < -0.4 is 11.3 Å². The molecule has 0 aliphatic carbocycles. The van der Waals surface area contributed by atoms with E-state index in [1.807, 2.05) is 18.5 Å². The van der Waals surface area contributed by atoms with E-state index >= 15 is 0 Å². The molecule has 0 aliphatic heterocycles. The van der Waals surface area contributed by atoms with Crippen molar-refractivity contribution in [2.45, 2.75) is 66.7 Å². The van der Waals surface area contributed by atoms with Crippen molar-refractivity contribution in [2.75, 3.05) is 6.61 Å². The standard InChI is InChI=1S/C15H29ClN4O/c1-7-20-12(13(16)10(3)19-20)9-11(18-17)14(21-8-2)15(4,5)6/h11,14,18H,7-9,17H2,1-6H3. The van der Waals surface area contributed by atoms with Crippen molar-refractivity contribution < 1.29 is 4.74 Å². The minimum Gasteiger partial charge on any atom is -0.376 e. The highest BCUT2D eigenvalue weighted by Crippen LogP contribution is 2.29. The summed E-state index contributed by atoms with van der Waals surface area (Å²) in [4.78, 5) is 0. The summed E-state index contributed by atoms with van der Waals surface area (Å²) >= 11 is 6.40. The fraction of sp³-hybridized carbons (Fsp3) is 0.800. The van der Waals surface area contributed by atoms with Crippen LogP contribution in [0.2, 0.25) is 5.02 Å². The van der Waals surface area contributed by atoms with E-state index in [4.69, 9.17) is 22.2 Å². The van der Waals surface area contributed by atoms with Gasteiger partial charge in [-0.15, -0.1) is 0 Å². The summed E-state index contributed by atoms with van der Waals surface area (Å²) < 4.78 is 7.87. The van der Waals surface area contributed by atoms with Crippen molar-refractivity contribution in [1.29, 1.82) is 0 Å². The average Bonchev–Trinajstić information content (AvgIpc) is 2.68. The van der Waals surface area contributed by atoms with Crippen LogP contribution in [0.15, 0.2) is 0 Å². The molecule has 1 rings (SSSR count). The number of hydrogen-bond acceptors (Lipinski definition) is 4. The molecule has 0 saturated heterocycles. The SMILES string of the molecule is CCOC(C(Cc1c(Cl)c(C)nn1CC)NN)C(C)(C)C. The van der Waals surface area contributed by atoms with Crippen molar-refractivity contribution in [2.24, 2.45) is 11.3 Å². The minimum absolute atomic E-state index is 0.0101. The summed E-state index contributed by atoms with van der Waals surface area (Å²) in [6, 6.07) is -0.0242. The van der Waals surface area contributed by atoms with Crippen LogP contribution in [0.1, 0.15) is 46.0 Å². The van der Waals surface area contributed by atoms with E-state index in [1.165, 1.54) is 0 Å². The summed E-state index contributed by atoms with van der Waals surface area (Å²) in [6.45, 7) is 13.9. The molecule has 0 bridgehead atoms. The molecule has 0 aromatic carbocycles. The van der Waals surface area contributed by atoms with E-state index in [9.17, 15) is 0 Å². The largest absolute Gasteiger partial charge is 0.376 e. The second-order valence-corrected chi connectivity index (χ2v) is 6.76. The van der Waals surface area contributed by atoms with E-state index in [1.54, 1.807) is 0 Å². The number of nitrogens with two attached hydrogens (primary N) is 1. The second-order valence-electron chi connectivity index (χ2n) is 6.38. The number of hydrogen-bond donors (Lipinski definition) is 2. The first-order chi connectivity index (χ1) is 9.76. The first-order valence-electron chi connectivity index (χ1n) is 7.55. The van der Waals surface area contributed by atoms with Gasteiger partial charge >= 0.3 is 0 Å². The molecule has 6 heteroatoms. The number of rotatable bonds is 7. The Labute approximate surface area is 133 Å². The number of halogens is 1. The predicted molar refractivity (Wildman–Crippen MR) is 87.3 cm³/mol. The van der Waals surface area contributed by atoms with Gasteiger partial charge in [0.05, 0.1) is 28.6 Å². The predicted octanol–water partition coefficient (Wildman–Crippen LogP) is 2.69. The van der Waals surface area contributed by atoms with E-state index in [-0.39, 0.29) is 17.6 Å². The van der Waals surface area contributed by atoms with Crippen LogP contribution in [0.25, 0.3) is 0 Å². The first kappa shape index (κ1) is 18.4. The zero-order valence-electron chi connectivity index (χ0n) is 14.0. The molecule has 0 radical (unpaired) electrons. The Morgan fingerprint density at radius 1 is 1.38 bits per heavy atom. The molecule has 0 saturated carbocycles. The van der Waals surface area contributed by atoms with Gasteiger partial charge in [0.25, 0.3) is 0 Å². The number of aryl methyl sites for hydroxylation is 2. The van der Waals surface area contributed by atoms with Gasteiger partial charge in [0, 0.05) is 19.6 Å². The molecule has 1 aromatic heterocycles. The van der Waals surface area contributed by atoms with Crippen molar-refractivity contribution in [3.63, 3.8) is 0 Å². The van der Waals surface area contributed by atoms with Gasteiger partial charge in [-0.3, -0.25) is 16.0 Å². The summed E-state index contributed by atoms with van der Waals surface area (Å²) in [5, 5.41) is 5.18. The van der Waals surface area contributed by atoms with Crippen molar-refractivity contribution in [3.05, 3.63) is 16.4 Å². The van der Waals surface area contributed by atoms with Crippen LogP contribution in [0.5, 0.6) is 0 Å². The molecule has 122 valence electrons. The molecule has 1 heterocycles. The number of aromatic nitrogens is 2. The van der Waals surface area contributed by atoms with Gasteiger partial charge in [-0.25, -0.2) is 0 Å². The summed E-state index contributed by atoms with van der Waals surface area (Å²) in [5.74, 6) is 5.79. The van der Waals surface area contributed by atoms with Gasteiger partial charge < -0.3 is 4.74 Å². The number of hydrazine groups is 1.